The number of nitrogens with zero attached hydrogens (tertiary/aromatic N) is 2. The molecule has 2 heterocycles. The minimum Gasteiger partial charge on any atom is -0.378 e. The van der Waals surface area contributed by atoms with Crippen molar-refractivity contribution in [2.75, 3.05) is 31.1 Å². The van der Waals surface area contributed by atoms with E-state index >= 15 is 0 Å². The molecule has 0 saturated carbocycles. The van der Waals surface area contributed by atoms with Crippen molar-refractivity contribution in [1.29, 1.82) is 0 Å². The number of amides is 1. The van der Waals surface area contributed by atoms with Crippen molar-refractivity contribution in [3.63, 3.8) is 0 Å². The fourth-order valence-corrected chi connectivity index (χ4v) is 5.91. The van der Waals surface area contributed by atoms with Crippen molar-refractivity contribution in [3.8, 4) is 0 Å². The highest BCUT2D eigenvalue weighted by atomic mass is 35.5. The lowest BCUT2D eigenvalue weighted by molar-refractivity contribution is -0.142. The van der Waals surface area contributed by atoms with E-state index in [0.717, 1.165) is 50.7 Å². The summed E-state index contributed by atoms with van der Waals surface area (Å²) in [6.45, 7) is 3.28. The Kier molecular flexibility index (Phi) is 8.41. The minimum absolute atomic E-state index is 0.288. The van der Waals surface area contributed by atoms with E-state index < -0.39 is 6.10 Å². The monoisotopic (exact) mass is 522 g/mol. The fourth-order valence-electron chi connectivity index (χ4n) is 5.14. The molecule has 4 rings (SSSR count). The first-order chi connectivity index (χ1) is 16.3. The zero-order valence-electron chi connectivity index (χ0n) is 18.9. The lowest BCUT2D eigenvalue weighted by Crippen LogP contribution is -2.42. The third-order valence-electron chi connectivity index (χ3n) is 7.12. The van der Waals surface area contributed by atoms with Gasteiger partial charge in [-0.25, -0.2) is 0 Å². The second kappa shape index (κ2) is 11.3. The first-order valence-corrected chi connectivity index (χ1v) is 12.9. The molecule has 8 heteroatoms. The lowest BCUT2D eigenvalue weighted by Gasteiger charge is -2.38. The maximum absolute atomic E-state index is 12.8. The molecule has 0 aliphatic carbocycles. The third kappa shape index (κ3) is 6.06. The Morgan fingerprint density at radius 1 is 0.941 bits per heavy atom. The predicted octanol–water partition coefficient (Wildman–Crippen LogP) is 6.04. The number of benzene rings is 2. The number of halogens is 3. The average Bonchev–Trinajstić information content (AvgIpc) is 2.83. The molecule has 2 aliphatic rings. The van der Waals surface area contributed by atoms with E-state index in [2.05, 4.69) is 4.90 Å². The summed E-state index contributed by atoms with van der Waals surface area (Å²) in [4.78, 5) is 27.9. The Labute approximate surface area is 215 Å². The van der Waals surface area contributed by atoms with Gasteiger partial charge < -0.3 is 14.9 Å². The number of aliphatic hydroxyl groups excluding tert-OH is 1. The van der Waals surface area contributed by atoms with E-state index in [9.17, 15) is 14.7 Å². The fraction of sp³-hybridized carbons (Fsp3) is 0.462. The van der Waals surface area contributed by atoms with Gasteiger partial charge in [-0.05, 0) is 85.9 Å². The second-order valence-corrected chi connectivity index (χ2v) is 10.6. The largest absolute Gasteiger partial charge is 0.378 e. The van der Waals surface area contributed by atoms with Crippen LogP contribution in [0, 0.1) is 11.8 Å². The molecule has 182 valence electrons. The van der Waals surface area contributed by atoms with Crippen LogP contribution in [0.4, 0.5) is 5.69 Å². The van der Waals surface area contributed by atoms with Crippen LogP contribution < -0.4 is 4.90 Å². The summed E-state index contributed by atoms with van der Waals surface area (Å²) in [5.74, 6) is 0.983. The van der Waals surface area contributed by atoms with E-state index in [0.29, 0.717) is 51.1 Å². The van der Waals surface area contributed by atoms with Gasteiger partial charge in [0.15, 0.2) is 12.4 Å². The molecule has 0 aromatic heterocycles. The number of hydrogen-bond donors (Lipinski definition) is 1. The average molecular weight is 524 g/mol. The van der Waals surface area contributed by atoms with E-state index in [-0.39, 0.29) is 5.91 Å². The first kappa shape index (κ1) is 25.3. The summed E-state index contributed by atoms with van der Waals surface area (Å²) in [5, 5.41) is 11.8. The molecule has 2 fully saturated rings. The molecule has 0 spiro atoms. The van der Waals surface area contributed by atoms with Crippen LogP contribution in [0.25, 0.3) is 0 Å². The van der Waals surface area contributed by atoms with Gasteiger partial charge in [0.05, 0.1) is 5.02 Å². The number of hydrogen-bond acceptors (Lipinski definition) is 4. The van der Waals surface area contributed by atoms with Gasteiger partial charge in [0, 0.05) is 47.5 Å². The zero-order chi connectivity index (χ0) is 24.2. The Bertz CT molecular complexity index is 1010. The standard InChI is InChI=1S/C26H29Cl3N2O3/c27-21-12-20(13-22(28)14-21)25(33)26(34)31-9-5-18(6-10-31)11-17-3-7-30(8-4-17)23-2-1-19(16-32)24(29)15-23/h1-2,12-18,25,33H,3-11H2. The van der Waals surface area contributed by atoms with Crippen LogP contribution in [-0.2, 0) is 4.79 Å². The normalized spacial score (nSPS) is 18.7. The van der Waals surface area contributed by atoms with Crippen LogP contribution in [0.15, 0.2) is 36.4 Å². The van der Waals surface area contributed by atoms with Crippen LogP contribution >= 0.6 is 34.8 Å². The Balaban J connectivity index is 1.23. The van der Waals surface area contributed by atoms with E-state index in [1.807, 2.05) is 12.1 Å². The highest BCUT2D eigenvalue weighted by Gasteiger charge is 2.30. The van der Waals surface area contributed by atoms with Gasteiger partial charge in [0.25, 0.3) is 5.91 Å². The van der Waals surface area contributed by atoms with Gasteiger partial charge in [-0.2, -0.15) is 0 Å². The van der Waals surface area contributed by atoms with E-state index in [4.69, 9.17) is 34.8 Å². The van der Waals surface area contributed by atoms with Crippen LogP contribution in [-0.4, -0.2) is 48.4 Å². The molecule has 2 aromatic rings. The number of aliphatic hydroxyl groups is 1. The number of piperidine rings is 2. The number of carbonyl (C=O) groups is 2. The third-order valence-corrected chi connectivity index (χ3v) is 7.88. The summed E-state index contributed by atoms with van der Waals surface area (Å²) >= 11 is 18.2. The maximum atomic E-state index is 12.8. The van der Waals surface area contributed by atoms with Crippen LogP contribution in [0.1, 0.15) is 54.1 Å². The number of likely N-dealkylation sites (tertiary alicyclic amines) is 1. The molecule has 2 aromatic carbocycles. The molecule has 5 nitrogen and oxygen atoms in total. The number of carbonyl (C=O) groups excluding carboxylic acids is 2. The van der Waals surface area contributed by atoms with E-state index in [1.54, 1.807) is 29.2 Å². The Hall–Kier alpha value is -1.79. The molecular weight excluding hydrogens is 495 g/mol. The van der Waals surface area contributed by atoms with Crippen LogP contribution in [0.2, 0.25) is 15.1 Å². The highest BCUT2D eigenvalue weighted by Crippen LogP contribution is 2.33. The second-order valence-electron chi connectivity index (χ2n) is 9.36. The van der Waals surface area contributed by atoms with Crippen molar-refractivity contribution in [2.24, 2.45) is 11.8 Å². The van der Waals surface area contributed by atoms with Crippen LogP contribution in [0.3, 0.4) is 0 Å². The van der Waals surface area contributed by atoms with Gasteiger partial charge in [0.2, 0.25) is 0 Å². The van der Waals surface area contributed by atoms with Gasteiger partial charge in [0.1, 0.15) is 0 Å². The summed E-state index contributed by atoms with van der Waals surface area (Å²) in [5.41, 5.74) is 2.02. The molecule has 1 N–H and O–H groups in total. The molecule has 2 aliphatic heterocycles. The molecule has 1 amide bonds. The number of aldehydes is 1. The van der Waals surface area contributed by atoms with Crippen molar-refractivity contribution in [2.45, 2.75) is 38.2 Å². The van der Waals surface area contributed by atoms with Gasteiger partial charge in [-0.15, -0.1) is 0 Å². The maximum Gasteiger partial charge on any atom is 0.256 e. The SMILES string of the molecule is O=Cc1ccc(N2CCC(CC3CCN(C(=O)C(O)c4cc(Cl)cc(Cl)c4)CC3)CC2)cc1Cl. The molecule has 1 unspecified atom stereocenters. The zero-order valence-corrected chi connectivity index (χ0v) is 21.2. The topological polar surface area (TPSA) is 60.9 Å². The predicted molar refractivity (Wildman–Crippen MR) is 137 cm³/mol. The number of rotatable bonds is 6. The van der Waals surface area contributed by atoms with E-state index in [1.165, 1.54) is 6.42 Å². The minimum atomic E-state index is -1.24. The van der Waals surface area contributed by atoms with Crippen molar-refractivity contribution >= 4 is 52.7 Å². The van der Waals surface area contributed by atoms with Crippen molar-refractivity contribution in [3.05, 3.63) is 62.6 Å². The smallest absolute Gasteiger partial charge is 0.256 e. The Morgan fingerprint density at radius 2 is 1.53 bits per heavy atom. The first-order valence-electron chi connectivity index (χ1n) is 11.8. The lowest BCUT2D eigenvalue weighted by atomic mass is 9.82. The number of anilines is 1. The van der Waals surface area contributed by atoms with Gasteiger partial charge in [-0.3, -0.25) is 9.59 Å². The Morgan fingerprint density at radius 3 is 2.09 bits per heavy atom. The molecule has 34 heavy (non-hydrogen) atoms. The molecule has 0 radical (unpaired) electrons. The highest BCUT2D eigenvalue weighted by molar-refractivity contribution is 6.34. The summed E-state index contributed by atoms with van der Waals surface area (Å²) in [6.07, 6.45) is 4.88. The molecule has 2 saturated heterocycles. The van der Waals surface area contributed by atoms with Gasteiger partial charge >= 0.3 is 0 Å². The summed E-state index contributed by atoms with van der Waals surface area (Å²) in [6, 6.07) is 10.4. The molecule has 1 atom stereocenters. The molecular formula is C26H29Cl3N2O3. The molecule has 0 bridgehead atoms. The van der Waals surface area contributed by atoms with Gasteiger partial charge in [-0.1, -0.05) is 34.8 Å². The van der Waals surface area contributed by atoms with Crippen molar-refractivity contribution in [1.82, 2.24) is 4.90 Å². The van der Waals surface area contributed by atoms with Crippen molar-refractivity contribution < 1.29 is 14.7 Å². The van der Waals surface area contributed by atoms with Crippen LogP contribution in [0.5, 0.6) is 0 Å². The summed E-state index contributed by atoms with van der Waals surface area (Å²) < 4.78 is 0. The summed E-state index contributed by atoms with van der Waals surface area (Å²) in [7, 11) is 0. The quantitative estimate of drug-likeness (QED) is 0.469.